The summed E-state index contributed by atoms with van der Waals surface area (Å²) in [4.78, 5) is 25.1. The first-order valence-electron chi connectivity index (χ1n) is 9.07. The molecule has 0 saturated carbocycles. The van der Waals surface area contributed by atoms with Gasteiger partial charge in [0.15, 0.2) is 5.82 Å². The number of hydrogen-bond donors (Lipinski definition) is 0. The minimum absolute atomic E-state index is 0.129. The summed E-state index contributed by atoms with van der Waals surface area (Å²) in [6.07, 6.45) is 2.31. The fourth-order valence-corrected chi connectivity index (χ4v) is 3.33. The van der Waals surface area contributed by atoms with Crippen LogP contribution < -0.4 is 4.90 Å². The molecule has 3 heterocycles. The molecule has 146 valence electrons. The molecule has 1 aliphatic rings. The fraction of sp³-hybridized carbons (Fsp3) is 0.579. The number of pyridine rings is 1. The van der Waals surface area contributed by atoms with E-state index in [1.807, 2.05) is 24.1 Å². The molecule has 8 nitrogen and oxygen atoms in total. The monoisotopic (exact) mass is 373 g/mol. The Morgan fingerprint density at radius 1 is 1.37 bits per heavy atom. The van der Waals surface area contributed by atoms with E-state index in [1.165, 1.54) is 0 Å². The van der Waals surface area contributed by atoms with Crippen molar-refractivity contribution in [3.05, 3.63) is 24.2 Å². The van der Waals surface area contributed by atoms with Crippen molar-refractivity contribution in [3.63, 3.8) is 0 Å². The van der Waals surface area contributed by atoms with E-state index in [0.717, 1.165) is 24.5 Å². The fourth-order valence-electron chi connectivity index (χ4n) is 3.33. The Morgan fingerprint density at radius 2 is 2.15 bits per heavy atom. The van der Waals surface area contributed by atoms with Crippen LogP contribution >= 0.6 is 0 Å². The topological polar surface area (TPSA) is 84.6 Å². The van der Waals surface area contributed by atoms with Gasteiger partial charge in [-0.15, -0.1) is 0 Å². The van der Waals surface area contributed by atoms with Crippen LogP contribution in [0.15, 0.2) is 22.9 Å². The van der Waals surface area contributed by atoms with Crippen molar-refractivity contribution in [2.75, 3.05) is 32.1 Å². The Kier molecular flexibility index (Phi) is 5.46. The molecule has 1 atom stereocenters. The lowest BCUT2D eigenvalue weighted by Crippen LogP contribution is -2.42. The molecule has 27 heavy (non-hydrogen) atoms. The molecule has 0 radical (unpaired) electrons. The van der Waals surface area contributed by atoms with Gasteiger partial charge in [-0.2, -0.15) is 4.98 Å². The first-order chi connectivity index (χ1) is 12.8. The van der Waals surface area contributed by atoms with Gasteiger partial charge in [0, 0.05) is 51.3 Å². The molecular formula is C19H27N5O3. The number of rotatable bonds is 6. The predicted octanol–water partition coefficient (Wildman–Crippen LogP) is 2.36. The highest BCUT2D eigenvalue weighted by Crippen LogP contribution is 2.27. The van der Waals surface area contributed by atoms with Crippen molar-refractivity contribution >= 4 is 11.7 Å². The average molecular weight is 373 g/mol. The molecule has 0 spiro atoms. The number of nitrogens with zero attached hydrogens (tertiary/aromatic N) is 5. The maximum atomic E-state index is 12.3. The summed E-state index contributed by atoms with van der Waals surface area (Å²) in [6.45, 7) is 8.11. The van der Waals surface area contributed by atoms with Gasteiger partial charge in [0.2, 0.25) is 5.91 Å². The number of carbonyl (C=O) groups excluding carboxylic acids is 1. The van der Waals surface area contributed by atoms with E-state index in [-0.39, 0.29) is 11.4 Å². The van der Waals surface area contributed by atoms with Crippen LogP contribution in [0.25, 0.3) is 11.5 Å². The summed E-state index contributed by atoms with van der Waals surface area (Å²) in [5.41, 5.74) is 0.632. The van der Waals surface area contributed by atoms with Crippen molar-refractivity contribution in [2.45, 2.75) is 39.3 Å². The van der Waals surface area contributed by atoms with Crippen LogP contribution in [-0.2, 0) is 16.1 Å². The zero-order valence-electron chi connectivity index (χ0n) is 16.6. The molecule has 0 aliphatic carbocycles. The standard InChI is InChI=1S/C19H27N5O3/c1-19(2,3)24-11-13(8-17(24)25)10-23(4)16-7-6-14(9-20-16)18-21-15(12-26-5)22-27-18/h6-7,9,13H,8,10-12H2,1-5H3. The van der Waals surface area contributed by atoms with Crippen LogP contribution in [0.2, 0.25) is 0 Å². The summed E-state index contributed by atoms with van der Waals surface area (Å²) in [6, 6.07) is 3.83. The van der Waals surface area contributed by atoms with Gasteiger partial charge >= 0.3 is 0 Å². The average Bonchev–Trinajstić information content (AvgIpc) is 3.22. The van der Waals surface area contributed by atoms with Gasteiger partial charge in [0.05, 0.1) is 5.56 Å². The van der Waals surface area contributed by atoms with Crippen LogP contribution in [0.3, 0.4) is 0 Å². The lowest BCUT2D eigenvalue weighted by atomic mass is 10.1. The molecule has 1 amide bonds. The summed E-state index contributed by atoms with van der Waals surface area (Å²) < 4.78 is 10.2. The molecule has 0 aromatic carbocycles. The predicted molar refractivity (Wildman–Crippen MR) is 101 cm³/mol. The molecular weight excluding hydrogens is 346 g/mol. The lowest BCUT2D eigenvalue weighted by Gasteiger charge is -2.32. The van der Waals surface area contributed by atoms with Crippen molar-refractivity contribution in [2.24, 2.45) is 5.92 Å². The summed E-state index contributed by atoms with van der Waals surface area (Å²) >= 11 is 0. The second kappa shape index (κ2) is 7.64. The number of likely N-dealkylation sites (tertiary alicyclic amines) is 1. The van der Waals surface area contributed by atoms with E-state index in [1.54, 1.807) is 13.3 Å². The second-order valence-corrected chi connectivity index (χ2v) is 7.98. The quantitative estimate of drug-likeness (QED) is 0.768. The van der Waals surface area contributed by atoms with E-state index < -0.39 is 0 Å². The van der Waals surface area contributed by atoms with E-state index in [0.29, 0.717) is 30.7 Å². The number of amides is 1. The smallest absolute Gasteiger partial charge is 0.259 e. The van der Waals surface area contributed by atoms with Gasteiger partial charge in [0.25, 0.3) is 5.89 Å². The minimum Gasteiger partial charge on any atom is -0.377 e. The van der Waals surface area contributed by atoms with Gasteiger partial charge in [-0.05, 0) is 32.9 Å². The van der Waals surface area contributed by atoms with Gasteiger partial charge in [-0.25, -0.2) is 4.98 Å². The van der Waals surface area contributed by atoms with E-state index in [9.17, 15) is 4.79 Å². The van der Waals surface area contributed by atoms with Crippen molar-refractivity contribution in [1.29, 1.82) is 0 Å². The van der Waals surface area contributed by atoms with Crippen LogP contribution in [0, 0.1) is 5.92 Å². The van der Waals surface area contributed by atoms with E-state index in [2.05, 4.69) is 40.8 Å². The molecule has 2 aromatic rings. The van der Waals surface area contributed by atoms with Gasteiger partial charge < -0.3 is 19.1 Å². The maximum absolute atomic E-state index is 12.3. The molecule has 3 rings (SSSR count). The van der Waals surface area contributed by atoms with Crippen LogP contribution in [0.1, 0.15) is 33.0 Å². The highest BCUT2D eigenvalue weighted by atomic mass is 16.5. The van der Waals surface area contributed by atoms with Gasteiger partial charge in [-0.3, -0.25) is 4.79 Å². The molecule has 8 heteroatoms. The van der Waals surface area contributed by atoms with E-state index in [4.69, 9.17) is 9.26 Å². The molecule has 0 bridgehead atoms. The number of carbonyl (C=O) groups is 1. The summed E-state index contributed by atoms with van der Waals surface area (Å²) in [5, 5.41) is 3.86. The number of aromatic nitrogens is 3. The molecule has 1 aliphatic heterocycles. The highest BCUT2D eigenvalue weighted by Gasteiger charge is 2.36. The molecule has 1 fully saturated rings. The first kappa shape index (κ1) is 19.3. The lowest BCUT2D eigenvalue weighted by molar-refractivity contribution is -0.131. The molecule has 1 saturated heterocycles. The third kappa shape index (κ3) is 4.44. The zero-order chi connectivity index (χ0) is 19.6. The Morgan fingerprint density at radius 3 is 2.74 bits per heavy atom. The van der Waals surface area contributed by atoms with Crippen LogP contribution in [0.4, 0.5) is 5.82 Å². The largest absolute Gasteiger partial charge is 0.377 e. The number of methoxy groups -OCH3 is 1. The SMILES string of the molecule is COCc1noc(-c2ccc(N(C)CC3CC(=O)N(C(C)(C)C)C3)nc2)n1. The molecule has 1 unspecified atom stereocenters. The van der Waals surface area contributed by atoms with Crippen molar-refractivity contribution in [3.8, 4) is 11.5 Å². The minimum atomic E-state index is -0.129. The Labute approximate surface area is 159 Å². The number of hydrogen-bond acceptors (Lipinski definition) is 7. The first-order valence-corrected chi connectivity index (χ1v) is 9.07. The Hall–Kier alpha value is -2.48. The maximum Gasteiger partial charge on any atom is 0.259 e. The highest BCUT2D eigenvalue weighted by molar-refractivity contribution is 5.79. The number of ether oxygens (including phenoxy) is 1. The van der Waals surface area contributed by atoms with Crippen molar-refractivity contribution in [1.82, 2.24) is 20.0 Å². The van der Waals surface area contributed by atoms with Crippen LogP contribution in [0.5, 0.6) is 0 Å². The van der Waals surface area contributed by atoms with Crippen molar-refractivity contribution < 1.29 is 14.1 Å². The normalized spacial score (nSPS) is 17.6. The molecule has 2 aromatic heterocycles. The van der Waals surface area contributed by atoms with Crippen LogP contribution in [-0.4, -0.2) is 58.7 Å². The molecule has 0 N–H and O–H groups in total. The third-order valence-electron chi connectivity index (χ3n) is 4.67. The third-order valence-corrected chi connectivity index (χ3v) is 4.67. The Balaban J connectivity index is 1.62. The zero-order valence-corrected chi connectivity index (χ0v) is 16.6. The van der Waals surface area contributed by atoms with Gasteiger partial charge in [-0.1, -0.05) is 5.16 Å². The Bertz CT molecular complexity index is 781. The number of anilines is 1. The van der Waals surface area contributed by atoms with E-state index >= 15 is 0 Å². The summed E-state index contributed by atoms with van der Waals surface area (Å²) in [7, 11) is 3.58. The second-order valence-electron chi connectivity index (χ2n) is 7.98. The summed E-state index contributed by atoms with van der Waals surface area (Å²) in [5.74, 6) is 2.30. The van der Waals surface area contributed by atoms with Gasteiger partial charge in [0.1, 0.15) is 12.4 Å².